The first-order chi connectivity index (χ1) is 10.3. The molecule has 5 nitrogen and oxygen atoms in total. The van der Waals surface area contributed by atoms with Crippen molar-refractivity contribution >= 4 is 11.9 Å². The van der Waals surface area contributed by atoms with E-state index in [1.165, 1.54) is 19.3 Å². The van der Waals surface area contributed by atoms with Gasteiger partial charge in [-0.15, -0.1) is 0 Å². The minimum atomic E-state index is -0.0518. The highest BCUT2D eigenvalue weighted by molar-refractivity contribution is 5.76. The quantitative estimate of drug-likeness (QED) is 0.765. The van der Waals surface area contributed by atoms with Crippen LogP contribution in [0.25, 0.3) is 0 Å². The smallest absolute Gasteiger partial charge is 0.315 e. The fourth-order valence-electron chi connectivity index (χ4n) is 3.23. The maximum Gasteiger partial charge on any atom is 0.315 e. The Kier molecular flexibility index (Phi) is 6.83. The van der Waals surface area contributed by atoms with Gasteiger partial charge in [-0.25, -0.2) is 4.79 Å². The standard InChI is InChI=1S/C16H29N3O2/c20-15-10-5-2-6-12-19(15)13-7-11-17-16(21)18-14-8-3-1-4-9-14/h14H,1-13H2,(H2,17,18,21). The van der Waals surface area contributed by atoms with Gasteiger partial charge >= 0.3 is 6.03 Å². The number of hydrogen-bond donors (Lipinski definition) is 2. The minimum Gasteiger partial charge on any atom is -0.343 e. The lowest BCUT2D eigenvalue weighted by Gasteiger charge is -2.23. The second-order valence-corrected chi connectivity index (χ2v) is 6.28. The molecule has 1 saturated heterocycles. The van der Waals surface area contributed by atoms with Gasteiger partial charge in [0.25, 0.3) is 0 Å². The van der Waals surface area contributed by atoms with E-state index in [9.17, 15) is 9.59 Å². The summed E-state index contributed by atoms with van der Waals surface area (Å²) in [7, 11) is 0. The Balaban J connectivity index is 1.55. The fraction of sp³-hybridized carbons (Fsp3) is 0.875. The zero-order valence-corrected chi connectivity index (χ0v) is 13.0. The molecule has 0 atom stereocenters. The van der Waals surface area contributed by atoms with Crippen molar-refractivity contribution in [1.82, 2.24) is 15.5 Å². The Morgan fingerprint density at radius 1 is 1.10 bits per heavy atom. The Morgan fingerprint density at radius 3 is 2.67 bits per heavy atom. The highest BCUT2D eigenvalue weighted by Gasteiger charge is 2.17. The molecule has 0 spiro atoms. The summed E-state index contributed by atoms with van der Waals surface area (Å²) in [5.74, 6) is 0.277. The summed E-state index contributed by atoms with van der Waals surface area (Å²) >= 11 is 0. The lowest BCUT2D eigenvalue weighted by atomic mass is 9.96. The average molecular weight is 295 g/mol. The van der Waals surface area contributed by atoms with E-state index in [0.29, 0.717) is 19.0 Å². The third kappa shape index (κ3) is 5.94. The van der Waals surface area contributed by atoms with Crippen molar-refractivity contribution < 1.29 is 9.59 Å². The molecule has 1 aliphatic heterocycles. The molecule has 1 heterocycles. The molecule has 3 amide bonds. The van der Waals surface area contributed by atoms with Crippen molar-refractivity contribution in [2.24, 2.45) is 0 Å². The van der Waals surface area contributed by atoms with Crippen LogP contribution in [0.2, 0.25) is 0 Å². The normalized spacial score (nSPS) is 21.0. The van der Waals surface area contributed by atoms with Gasteiger partial charge in [0.05, 0.1) is 0 Å². The predicted molar refractivity (Wildman–Crippen MR) is 83.1 cm³/mol. The van der Waals surface area contributed by atoms with Crippen LogP contribution in [-0.2, 0) is 4.79 Å². The number of likely N-dealkylation sites (tertiary alicyclic amines) is 1. The van der Waals surface area contributed by atoms with Crippen molar-refractivity contribution in [3.05, 3.63) is 0 Å². The first kappa shape index (κ1) is 16.1. The molecule has 5 heteroatoms. The van der Waals surface area contributed by atoms with E-state index in [4.69, 9.17) is 0 Å². The third-order valence-corrected chi connectivity index (χ3v) is 4.50. The zero-order valence-electron chi connectivity index (χ0n) is 13.0. The third-order valence-electron chi connectivity index (χ3n) is 4.50. The number of carbonyl (C=O) groups is 2. The van der Waals surface area contributed by atoms with E-state index in [-0.39, 0.29) is 11.9 Å². The van der Waals surface area contributed by atoms with Crippen LogP contribution in [0, 0.1) is 0 Å². The molecule has 1 aliphatic carbocycles. The largest absolute Gasteiger partial charge is 0.343 e. The molecule has 2 fully saturated rings. The number of nitrogens with zero attached hydrogens (tertiary/aromatic N) is 1. The molecular formula is C16H29N3O2. The average Bonchev–Trinajstić information content (AvgIpc) is 2.69. The van der Waals surface area contributed by atoms with Crippen LogP contribution in [0.3, 0.4) is 0 Å². The first-order valence-electron chi connectivity index (χ1n) is 8.58. The van der Waals surface area contributed by atoms with Crippen molar-refractivity contribution in [2.75, 3.05) is 19.6 Å². The summed E-state index contributed by atoms with van der Waals surface area (Å²) in [5, 5.41) is 5.96. The molecule has 0 unspecified atom stereocenters. The molecule has 2 rings (SSSR count). The van der Waals surface area contributed by atoms with Crippen molar-refractivity contribution in [1.29, 1.82) is 0 Å². The highest BCUT2D eigenvalue weighted by atomic mass is 16.2. The molecule has 0 aromatic rings. The summed E-state index contributed by atoms with van der Waals surface area (Å²) in [4.78, 5) is 25.6. The summed E-state index contributed by atoms with van der Waals surface area (Å²) in [5.41, 5.74) is 0. The fourth-order valence-corrected chi connectivity index (χ4v) is 3.23. The van der Waals surface area contributed by atoms with Gasteiger partial charge in [-0.3, -0.25) is 4.79 Å². The van der Waals surface area contributed by atoms with Crippen molar-refractivity contribution in [2.45, 2.75) is 70.3 Å². The van der Waals surface area contributed by atoms with Crippen LogP contribution < -0.4 is 10.6 Å². The van der Waals surface area contributed by atoms with Crippen molar-refractivity contribution in [3.8, 4) is 0 Å². The van der Waals surface area contributed by atoms with Gasteiger partial charge in [0.1, 0.15) is 0 Å². The van der Waals surface area contributed by atoms with Crippen LogP contribution in [0.5, 0.6) is 0 Å². The lowest BCUT2D eigenvalue weighted by Crippen LogP contribution is -2.43. The lowest BCUT2D eigenvalue weighted by molar-refractivity contribution is -0.130. The molecule has 0 aromatic carbocycles. The number of rotatable bonds is 5. The number of nitrogens with one attached hydrogen (secondary N) is 2. The molecule has 0 aromatic heterocycles. The molecule has 2 aliphatic rings. The van der Waals surface area contributed by atoms with Gasteiger partial charge in [0.2, 0.25) is 5.91 Å². The van der Waals surface area contributed by atoms with Gasteiger partial charge in [0, 0.05) is 32.1 Å². The van der Waals surface area contributed by atoms with Crippen LogP contribution in [0.15, 0.2) is 0 Å². The molecule has 21 heavy (non-hydrogen) atoms. The van der Waals surface area contributed by atoms with E-state index < -0.39 is 0 Å². The van der Waals surface area contributed by atoms with E-state index >= 15 is 0 Å². The first-order valence-corrected chi connectivity index (χ1v) is 8.58. The number of urea groups is 1. The van der Waals surface area contributed by atoms with Gasteiger partial charge in [-0.2, -0.15) is 0 Å². The summed E-state index contributed by atoms with van der Waals surface area (Å²) < 4.78 is 0. The van der Waals surface area contributed by atoms with Gasteiger partial charge in [-0.05, 0) is 32.1 Å². The van der Waals surface area contributed by atoms with Crippen LogP contribution in [0.1, 0.15) is 64.2 Å². The van der Waals surface area contributed by atoms with Crippen LogP contribution in [0.4, 0.5) is 4.79 Å². The summed E-state index contributed by atoms with van der Waals surface area (Å²) in [6, 6.07) is 0.301. The van der Waals surface area contributed by atoms with E-state index in [0.717, 1.165) is 51.6 Å². The van der Waals surface area contributed by atoms with E-state index in [1.807, 2.05) is 4.90 Å². The Morgan fingerprint density at radius 2 is 1.86 bits per heavy atom. The highest BCUT2D eigenvalue weighted by Crippen LogP contribution is 2.17. The molecule has 1 saturated carbocycles. The predicted octanol–water partition coefficient (Wildman–Crippen LogP) is 2.41. The molecule has 0 radical (unpaired) electrons. The van der Waals surface area contributed by atoms with E-state index in [1.54, 1.807) is 0 Å². The zero-order chi connectivity index (χ0) is 14.9. The summed E-state index contributed by atoms with van der Waals surface area (Å²) in [6.45, 7) is 2.29. The van der Waals surface area contributed by atoms with Crippen LogP contribution >= 0.6 is 0 Å². The Labute approximate surface area is 127 Å². The van der Waals surface area contributed by atoms with Crippen LogP contribution in [-0.4, -0.2) is 42.5 Å². The monoisotopic (exact) mass is 295 g/mol. The van der Waals surface area contributed by atoms with Gasteiger partial charge < -0.3 is 15.5 Å². The molecule has 120 valence electrons. The SMILES string of the molecule is O=C(NCCCN1CCCCCC1=O)NC1CCCCC1. The molecule has 0 bridgehead atoms. The topological polar surface area (TPSA) is 61.4 Å². The number of carbonyl (C=O) groups excluding carboxylic acids is 2. The Hall–Kier alpha value is -1.26. The van der Waals surface area contributed by atoms with Gasteiger partial charge in [-0.1, -0.05) is 25.7 Å². The van der Waals surface area contributed by atoms with Crippen molar-refractivity contribution in [3.63, 3.8) is 0 Å². The number of hydrogen-bond acceptors (Lipinski definition) is 2. The second kappa shape index (κ2) is 8.90. The second-order valence-electron chi connectivity index (χ2n) is 6.28. The minimum absolute atomic E-state index is 0.0518. The van der Waals surface area contributed by atoms with Gasteiger partial charge in [0.15, 0.2) is 0 Å². The Bertz CT molecular complexity index is 340. The maximum absolute atomic E-state index is 11.8. The van der Waals surface area contributed by atoms with E-state index in [2.05, 4.69) is 10.6 Å². The maximum atomic E-state index is 11.8. The molecule has 2 N–H and O–H groups in total. The summed E-state index contributed by atoms with van der Waals surface area (Å²) in [6.07, 6.45) is 10.8. The number of amides is 3. The molecular weight excluding hydrogens is 266 g/mol.